The number of aromatic nitrogens is 2. The summed E-state index contributed by atoms with van der Waals surface area (Å²) in [5.74, 6) is -0.538. The number of hydrogen-bond donors (Lipinski definition) is 0. The van der Waals surface area contributed by atoms with E-state index in [1.807, 2.05) is 19.9 Å². The standard InChI is InChI=1S/C16H19FN2O2/c1-4-21-16(20)14-9-18-19(15(14)11(2)3)10-12-6-5-7-13(17)8-12/h5-9,11H,4,10H2,1-3H3. The van der Waals surface area contributed by atoms with Crippen molar-refractivity contribution in [3.63, 3.8) is 0 Å². The molecule has 0 atom stereocenters. The van der Waals surface area contributed by atoms with Crippen molar-refractivity contribution in [1.29, 1.82) is 0 Å². The van der Waals surface area contributed by atoms with E-state index in [0.29, 0.717) is 18.7 Å². The summed E-state index contributed by atoms with van der Waals surface area (Å²) in [6, 6.07) is 6.37. The molecule has 0 fully saturated rings. The molecule has 4 nitrogen and oxygen atoms in total. The molecule has 0 unspecified atom stereocenters. The molecule has 0 aliphatic rings. The summed E-state index contributed by atoms with van der Waals surface area (Å²) in [6.07, 6.45) is 1.52. The summed E-state index contributed by atoms with van der Waals surface area (Å²) in [7, 11) is 0. The van der Waals surface area contributed by atoms with Gasteiger partial charge in [-0.15, -0.1) is 0 Å². The van der Waals surface area contributed by atoms with Gasteiger partial charge in [0.2, 0.25) is 0 Å². The Morgan fingerprint density at radius 3 is 2.81 bits per heavy atom. The Morgan fingerprint density at radius 1 is 1.43 bits per heavy atom. The molecule has 5 heteroatoms. The molecule has 0 aliphatic carbocycles. The van der Waals surface area contributed by atoms with E-state index in [2.05, 4.69) is 5.10 Å². The molecule has 0 aliphatic heterocycles. The van der Waals surface area contributed by atoms with Crippen LogP contribution in [0, 0.1) is 5.82 Å². The van der Waals surface area contributed by atoms with Gasteiger partial charge in [0.05, 0.1) is 25.0 Å². The summed E-state index contributed by atoms with van der Waals surface area (Å²) in [5.41, 5.74) is 2.08. The van der Waals surface area contributed by atoms with Crippen LogP contribution < -0.4 is 0 Å². The highest BCUT2D eigenvalue weighted by Gasteiger charge is 2.20. The minimum absolute atomic E-state index is 0.112. The Labute approximate surface area is 123 Å². The zero-order valence-electron chi connectivity index (χ0n) is 12.5. The first kappa shape index (κ1) is 15.2. The number of ether oxygens (including phenoxy) is 1. The molecule has 0 amide bonds. The van der Waals surface area contributed by atoms with Crippen molar-refractivity contribution < 1.29 is 13.9 Å². The number of carbonyl (C=O) groups is 1. The van der Waals surface area contributed by atoms with Gasteiger partial charge in [-0.3, -0.25) is 4.68 Å². The Bertz CT molecular complexity index is 635. The monoisotopic (exact) mass is 290 g/mol. The van der Waals surface area contributed by atoms with Crippen LogP contribution in [-0.4, -0.2) is 22.4 Å². The molecule has 0 spiro atoms. The fourth-order valence-corrected chi connectivity index (χ4v) is 2.30. The molecule has 112 valence electrons. The molecule has 0 bridgehead atoms. The quantitative estimate of drug-likeness (QED) is 0.793. The van der Waals surface area contributed by atoms with E-state index >= 15 is 0 Å². The van der Waals surface area contributed by atoms with Gasteiger partial charge in [-0.2, -0.15) is 5.10 Å². The molecule has 1 aromatic heterocycles. The molecular weight excluding hydrogens is 271 g/mol. The van der Waals surface area contributed by atoms with E-state index in [1.54, 1.807) is 17.7 Å². The van der Waals surface area contributed by atoms with Crippen molar-refractivity contribution in [1.82, 2.24) is 9.78 Å². The second-order valence-corrected chi connectivity index (χ2v) is 5.11. The average Bonchev–Trinajstić information content (AvgIpc) is 2.83. The Kier molecular flexibility index (Phi) is 4.73. The van der Waals surface area contributed by atoms with Crippen LogP contribution in [0.2, 0.25) is 0 Å². The van der Waals surface area contributed by atoms with Gasteiger partial charge < -0.3 is 4.74 Å². The number of nitrogens with zero attached hydrogens (tertiary/aromatic N) is 2. The number of rotatable bonds is 5. The van der Waals surface area contributed by atoms with Crippen molar-refractivity contribution in [3.05, 3.63) is 53.1 Å². The van der Waals surface area contributed by atoms with Crippen molar-refractivity contribution >= 4 is 5.97 Å². The lowest BCUT2D eigenvalue weighted by Crippen LogP contribution is -2.12. The van der Waals surface area contributed by atoms with E-state index in [0.717, 1.165) is 11.3 Å². The van der Waals surface area contributed by atoms with Crippen LogP contribution in [-0.2, 0) is 11.3 Å². The van der Waals surface area contributed by atoms with Gasteiger partial charge in [-0.1, -0.05) is 26.0 Å². The summed E-state index contributed by atoms with van der Waals surface area (Å²) in [4.78, 5) is 12.0. The van der Waals surface area contributed by atoms with Gasteiger partial charge in [-0.05, 0) is 30.5 Å². The number of halogens is 1. The first-order valence-corrected chi connectivity index (χ1v) is 7.00. The van der Waals surface area contributed by atoms with Gasteiger partial charge in [0.25, 0.3) is 0 Å². The molecule has 2 aromatic rings. The second kappa shape index (κ2) is 6.52. The maximum atomic E-state index is 13.3. The Balaban J connectivity index is 2.34. The number of carbonyl (C=O) groups excluding carboxylic acids is 1. The van der Waals surface area contributed by atoms with Crippen LogP contribution in [0.4, 0.5) is 4.39 Å². The minimum atomic E-state index is -0.369. The summed E-state index contributed by atoms with van der Waals surface area (Å²) in [5, 5.41) is 4.26. The first-order valence-electron chi connectivity index (χ1n) is 7.00. The number of esters is 1. The highest BCUT2D eigenvalue weighted by molar-refractivity contribution is 5.90. The molecule has 2 rings (SSSR count). The average molecular weight is 290 g/mol. The lowest BCUT2D eigenvalue weighted by atomic mass is 10.1. The minimum Gasteiger partial charge on any atom is -0.462 e. The lowest BCUT2D eigenvalue weighted by Gasteiger charge is -2.12. The van der Waals surface area contributed by atoms with Crippen molar-refractivity contribution in [3.8, 4) is 0 Å². The SMILES string of the molecule is CCOC(=O)c1cnn(Cc2cccc(F)c2)c1C(C)C. The molecular formula is C16H19FN2O2. The highest BCUT2D eigenvalue weighted by atomic mass is 19.1. The van der Waals surface area contributed by atoms with Crippen LogP contribution >= 0.6 is 0 Å². The van der Waals surface area contributed by atoms with Gasteiger partial charge in [0.15, 0.2) is 0 Å². The fourth-order valence-electron chi connectivity index (χ4n) is 2.30. The number of benzene rings is 1. The van der Waals surface area contributed by atoms with Crippen LogP contribution in [0.25, 0.3) is 0 Å². The van der Waals surface area contributed by atoms with E-state index in [4.69, 9.17) is 4.74 Å². The van der Waals surface area contributed by atoms with Gasteiger partial charge >= 0.3 is 5.97 Å². The van der Waals surface area contributed by atoms with Crippen molar-refractivity contribution in [2.24, 2.45) is 0 Å². The largest absolute Gasteiger partial charge is 0.462 e. The molecule has 1 heterocycles. The van der Waals surface area contributed by atoms with E-state index in [1.165, 1.54) is 18.3 Å². The maximum absolute atomic E-state index is 13.3. The van der Waals surface area contributed by atoms with Gasteiger partial charge in [0, 0.05) is 0 Å². The lowest BCUT2D eigenvalue weighted by molar-refractivity contribution is 0.0524. The highest BCUT2D eigenvalue weighted by Crippen LogP contribution is 2.21. The summed E-state index contributed by atoms with van der Waals surface area (Å²) < 4.78 is 20.0. The third-order valence-electron chi connectivity index (χ3n) is 3.14. The Hall–Kier alpha value is -2.17. The van der Waals surface area contributed by atoms with E-state index in [9.17, 15) is 9.18 Å². The molecule has 1 aromatic carbocycles. The van der Waals surface area contributed by atoms with Crippen LogP contribution in [0.15, 0.2) is 30.5 Å². The number of hydrogen-bond acceptors (Lipinski definition) is 3. The van der Waals surface area contributed by atoms with Crippen LogP contribution in [0.3, 0.4) is 0 Å². The predicted molar refractivity (Wildman–Crippen MR) is 77.8 cm³/mol. The van der Waals surface area contributed by atoms with E-state index in [-0.39, 0.29) is 17.7 Å². The van der Waals surface area contributed by atoms with Crippen LogP contribution in [0.1, 0.15) is 48.3 Å². The normalized spacial score (nSPS) is 10.9. The zero-order valence-corrected chi connectivity index (χ0v) is 12.5. The summed E-state index contributed by atoms with van der Waals surface area (Å²) >= 11 is 0. The fraction of sp³-hybridized carbons (Fsp3) is 0.375. The van der Waals surface area contributed by atoms with Gasteiger partial charge in [-0.25, -0.2) is 9.18 Å². The third-order valence-corrected chi connectivity index (χ3v) is 3.14. The molecule has 21 heavy (non-hydrogen) atoms. The van der Waals surface area contributed by atoms with Crippen molar-refractivity contribution in [2.45, 2.75) is 33.2 Å². The van der Waals surface area contributed by atoms with Crippen molar-refractivity contribution in [2.75, 3.05) is 6.61 Å². The van der Waals surface area contributed by atoms with Gasteiger partial charge in [0.1, 0.15) is 11.4 Å². The van der Waals surface area contributed by atoms with E-state index < -0.39 is 0 Å². The first-order chi connectivity index (χ1) is 10.0. The maximum Gasteiger partial charge on any atom is 0.341 e. The molecule has 0 saturated heterocycles. The second-order valence-electron chi connectivity index (χ2n) is 5.11. The smallest absolute Gasteiger partial charge is 0.341 e. The van der Waals surface area contributed by atoms with Crippen LogP contribution in [0.5, 0.6) is 0 Å². The zero-order chi connectivity index (χ0) is 15.4. The summed E-state index contributed by atoms with van der Waals surface area (Å²) in [6.45, 7) is 6.49. The topological polar surface area (TPSA) is 44.1 Å². The predicted octanol–water partition coefficient (Wildman–Crippen LogP) is 3.37. The Morgan fingerprint density at radius 2 is 2.19 bits per heavy atom. The molecule has 0 saturated carbocycles. The third kappa shape index (κ3) is 3.48. The molecule has 0 radical (unpaired) electrons. The molecule has 0 N–H and O–H groups in total.